The van der Waals surface area contributed by atoms with Gasteiger partial charge in [0, 0.05) is 6.54 Å². The molecule has 1 aromatic carbocycles. The van der Waals surface area contributed by atoms with Gasteiger partial charge in [-0.25, -0.2) is 0 Å². The van der Waals surface area contributed by atoms with Gasteiger partial charge in [-0.3, -0.25) is 5.43 Å². The van der Waals surface area contributed by atoms with Crippen molar-refractivity contribution in [2.75, 3.05) is 19.8 Å². The number of rotatable bonds is 4. The number of ether oxygens (including phenoxy) is 1. The Labute approximate surface area is 95.9 Å². The van der Waals surface area contributed by atoms with Crippen LogP contribution in [0, 0.1) is 6.92 Å². The van der Waals surface area contributed by atoms with E-state index in [1.54, 1.807) is 0 Å². The van der Waals surface area contributed by atoms with Gasteiger partial charge in [0.15, 0.2) is 5.84 Å². The van der Waals surface area contributed by atoms with E-state index in [0.29, 0.717) is 6.61 Å². The maximum absolute atomic E-state index is 5.66. The number of likely N-dealkylation sites (N-methyl/N-ethyl adjacent to an activating group) is 1. The lowest BCUT2D eigenvalue weighted by Gasteiger charge is -2.16. The number of hydrogen-bond donors (Lipinski definition) is 1. The van der Waals surface area contributed by atoms with Gasteiger partial charge >= 0.3 is 0 Å². The number of amidine groups is 1. The van der Waals surface area contributed by atoms with E-state index in [2.05, 4.69) is 29.3 Å². The van der Waals surface area contributed by atoms with Gasteiger partial charge in [0.2, 0.25) is 0 Å². The number of aryl methyl sites for hydroxylation is 1. The van der Waals surface area contributed by atoms with Crippen LogP contribution in [0.4, 0.5) is 0 Å². The molecule has 0 radical (unpaired) electrons. The fourth-order valence-electron chi connectivity index (χ4n) is 1.57. The molecule has 0 aliphatic carbocycles. The fourth-order valence-corrected chi connectivity index (χ4v) is 1.57. The highest BCUT2D eigenvalue weighted by Crippen LogP contribution is 2.11. The molecule has 1 aliphatic rings. The lowest BCUT2D eigenvalue weighted by molar-refractivity contribution is 0.348. The maximum Gasteiger partial charge on any atom is 0.164 e. The molecule has 0 fully saturated rings. The predicted octanol–water partition coefficient (Wildman–Crippen LogP) is 1.57. The van der Waals surface area contributed by atoms with Crippen LogP contribution in [0.5, 0.6) is 5.75 Å². The van der Waals surface area contributed by atoms with Crippen LogP contribution in [-0.2, 0) is 0 Å². The predicted molar refractivity (Wildman–Crippen MR) is 64.5 cm³/mol. The Bertz CT molecular complexity index is 372. The zero-order chi connectivity index (χ0) is 11.4. The fraction of sp³-hybridized carbons (Fsp3) is 0.417. The van der Waals surface area contributed by atoms with Crippen LogP contribution >= 0.6 is 0 Å². The van der Waals surface area contributed by atoms with Crippen molar-refractivity contribution in [2.45, 2.75) is 13.8 Å². The van der Waals surface area contributed by atoms with Gasteiger partial charge in [-0.15, -0.1) is 0 Å². The van der Waals surface area contributed by atoms with Crippen LogP contribution in [0.25, 0.3) is 0 Å². The van der Waals surface area contributed by atoms with Gasteiger partial charge in [0.1, 0.15) is 19.0 Å². The molecule has 0 saturated carbocycles. The summed E-state index contributed by atoms with van der Waals surface area (Å²) in [4.78, 5) is 2.15. The van der Waals surface area contributed by atoms with Gasteiger partial charge in [-0.05, 0) is 26.0 Å². The lowest BCUT2D eigenvalue weighted by Crippen LogP contribution is -2.32. The molecule has 0 amide bonds. The van der Waals surface area contributed by atoms with E-state index in [1.165, 1.54) is 5.56 Å². The molecule has 1 aromatic rings. The van der Waals surface area contributed by atoms with E-state index in [-0.39, 0.29) is 0 Å². The second-order valence-electron chi connectivity index (χ2n) is 3.80. The lowest BCUT2D eigenvalue weighted by atomic mass is 10.2. The number of hydrogen-bond acceptors (Lipinski definition) is 4. The minimum Gasteiger partial charge on any atom is -0.486 e. The van der Waals surface area contributed by atoms with Crippen LogP contribution < -0.4 is 10.2 Å². The van der Waals surface area contributed by atoms with Gasteiger partial charge in [0.05, 0.1) is 0 Å². The second-order valence-corrected chi connectivity index (χ2v) is 3.80. The van der Waals surface area contributed by atoms with E-state index in [9.17, 15) is 0 Å². The zero-order valence-electron chi connectivity index (χ0n) is 9.73. The zero-order valence-corrected chi connectivity index (χ0v) is 9.73. The van der Waals surface area contributed by atoms with Gasteiger partial charge in [-0.1, -0.05) is 17.7 Å². The summed E-state index contributed by atoms with van der Waals surface area (Å²) < 4.78 is 5.66. The summed E-state index contributed by atoms with van der Waals surface area (Å²) in [5.41, 5.74) is 4.19. The van der Waals surface area contributed by atoms with Gasteiger partial charge in [-0.2, -0.15) is 5.10 Å². The number of nitrogens with zero attached hydrogens (tertiary/aromatic N) is 2. The SMILES string of the molecule is CCN1CNN=C1COc1ccc(C)cc1. The Morgan fingerprint density at radius 2 is 2.12 bits per heavy atom. The Morgan fingerprint density at radius 1 is 1.38 bits per heavy atom. The first kappa shape index (κ1) is 10.8. The highest BCUT2D eigenvalue weighted by Gasteiger charge is 2.14. The van der Waals surface area contributed by atoms with Crippen molar-refractivity contribution < 1.29 is 4.74 Å². The summed E-state index contributed by atoms with van der Waals surface area (Å²) in [5, 5.41) is 4.19. The van der Waals surface area contributed by atoms with Crippen molar-refractivity contribution in [3.63, 3.8) is 0 Å². The monoisotopic (exact) mass is 219 g/mol. The van der Waals surface area contributed by atoms with Crippen LogP contribution in [-0.4, -0.2) is 30.6 Å². The van der Waals surface area contributed by atoms with E-state index in [0.717, 1.165) is 24.8 Å². The maximum atomic E-state index is 5.66. The van der Waals surface area contributed by atoms with Crippen LogP contribution in [0.1, 0.15) is 12.5 Å². The van der Waals surface area contributed by atoms with Crippen LogP contribution in [0.3, 0.4) is 0 Å². The summed E-state index contributed by atoms with van der Waals surface area (Å²) in [6.07, 6.45) is 0. The first-order valence-corrected chi connectivity index (χ1v) is 5.53. The largest absolute Gasteiger partial charge is 0.486 e. The highest BCUT2D eigenvalue weighted by atomic mass is 16.5. The van der Waals surface area contributed by atoms with Crippen molar-refractivity contribution in [2.24, 2.45) is 5.10 Å². The molecule has 1 heterocycles. The molecule has 0 atom stereocenters. The topological polar surface area (TPSA) is 36.9 Å². The summed E-state index contributed by atoms with van der Waals surface area (Å²) in [5.74, 6) is 1.85. The standard InChI is InChI=1S/C12H17N3O/c1-3-15-9-13-14-12(15)8-16-11-6-4-10(2)5-7-11/h4-7,13H,3,8-9H2,1-2H3. The third-order valence-corrected chi connectivity index (χ3v) is 2.61. The second kappa shape index (κ2) is 4.88. The Balaban J connectivity index is 1.90. The van der Waals surface area contributed by atoms with E-state index in [1.807, 2.05) is 24.3 Å². The molecule has 0 spiro atoms. The minimum atomic E-state index is 0.518. The molecular weight excluding hydrogens is 202 g/mol. The first-order valence-electron chi connectivity index (χ1n) is 5.53. The Hall–Kier alpha value is -1.71. The molecule has 0 saturated heterocycles. The summed E-state index contributed by atoms with van der Waals surface area (Å²) in [6.45, 7) is 6.41. The molecule has 2 rings (SSSR count). The molecule has 4 nitrogen and oxygen atoms in total. The normalized spacial score (nSPS) is 14.6. The molecule has 4 heteroatoms. The van der Waals surface area contributed by atoms with Crippen LogP contribution in [0.15, 0.2) is 29.4 Å². The van der Waals surface area contributed by atoms with Crippen molar-refractivity contribution >= 4 is 5.84 Å². The third kappa shape index (κ3) is 2.45. The number of hydrazone groups is 1. The van der Waals surface area contributed by atoms with E-state index in [4.69, 9.17) is 4.74 Å². The smallest absolute Gasteiger partial charge is 0.164 e. The summed E-state index contributed by atoms with van der Waals surface area (Å²) in [7, 11) is 0. The molecule has 0 bridgehead atoms. The van der Waals surface area contributed by atoms with Crippen molar-refractivity contribution in [1.29, 1.82) is 0 Å². The molecule has 0 unspecified atom stereocenters. The van der Waals surface area contributed by atoms with Gasteiger partial charge < -0.3 is 9.64 Å². The van der Waals surface area contributed by atoms with Crippen molar-refractivity contribution in [1.82, 2.24) is 10.3 Å². The first-order chi connectivity index (χ1) is 7.79. The van der Waals surface area contributed by atoms with Crippen LogP contribution in [0.2, 0.25) is 0 Å². The molecule has 1 N–H and O–H groups in total. The highest BCUT2D eigenvalue weighted by molar-refractivity contribution is 5.84. The van der Waals surface area contributed by atoms with E-state index < -0.39 is 0 Å². The summed E-state index contributed by atoms with van der Waals surface area (Å²) in [6, 6.07) is 8.05. The Morgan fingerprint density at radius 3 is 2.81 bits per heavy atom. The Kier molecular flexibility index (Phi) is 3.29. The minimum absolute atomic E-state index is 0.518. The molecule has 0 aromatic heterocycles. The third-order valence-electron chi connectivity index (χ3n) is 2.61. The van der Waals surface area contributed by atoms with Gasteiger partial charge in [0.25, 0.3) is 0 Å². The average Bonchev–Trinajstić information content (AvgIpc) is 2.76. The number of nitrogens with one attached hydrogen (secondary N) is 1. The average molecular weight is 219 g/mol. The molecular formula is C12H17N3O. The molecule has 1 aliphatic heterocycles. The molecule has 16 heavy (non-hydrogen) atoms. The number of benzene rings is 1. The van der Waals surface area contributed by atoms with Crippen molar-refractivity contribution in [3.8, 4) is 5.75 Å². The van der Waals surface area contributed by atoms with E-state index >= 15 is 0 Å². The molecule has 86 valence electrons. The van der Waals surface area contributed by atoms with Crippen molar-refractivity contribution in [3.05, 3.63) is 29.8 Å². The quantitative estimate of drug-likeness (QED) is 0.835. The summed E-state index contributed by atoms with van der Waals surface area (Å²) >= 11 is 0.